The van der Waals surface area contributed by atoms with E-state index in [0.717, 1.165) is 5.69 Å². The van der Waals surface area contributed by atoms with Gasteiger partial charge in [-0.15, -0.1) is 0 Å². The van der Waals surface area contributed by atoms with Gasteiger partial charge in [-0.2, -0.15) is 0 Å². The normalized spacial score (nSPS) is 23.1. The molecule has 1 aliphatic heterocycles. The molecule has 2 heterocycles. The van der Waals surface area contributed by atoms with Gasteiger partial charge in [-0.25, -0.2) is 4.98 Å². The highest BCUT2D eigenvalue weighted by molar-refractivity contribution is 5.81. The Balaban J connectivity index is 2.36. The van der Waals surface area contributed by atoms with Crippen molar-refractivity contribution in [1.29, 1.82) is 0 Å². The van der Waals surface area contributed by atoms with E-state index >= 15 is 0 Å². The molecule has 1 aliphatic rings. The molecule has 1 aromatic heterocycles. The second kappa shape index (κ2) is 6.04. The highest BCUT2D eigenvalue weighted by atomic mass is 16.5. The lowest BCUT2D eigenvalue weighted by atomic mass is 9.87. The van der Waals surface area contributed by atoms with Crippen LogP contribution < -0.4 is 0 Å². The van der Waals surface area contributed by atoms with Crippen LogP contribution in [-0.4, -0.2) is 51.7 Å². The van der Waals surface area contributed by atoms with E-state index < -0.39 is 17.9 Å². The summed E-state index contributed by atoms with van der Waals surface area (Å²) < 4.78 is 6.78. The molecular formula is C13H19N3O4. The molecule has 0 spiro atoms. The van der Waals surface area contributed by atoms with Crippen LogP contribution in [0, 0.1) is 5.92 Å². The smallest absolute Gasteiger partial charge is 0.309 e. The lowest BCUT2D eigenvalue weighted by Gasteiger charge is -2.39. The summed E-state index contributed by atoms with van der Waals surface area (Å²) in [6.45, 7) is 0.765. The second-order valence-electron chi connectivity index (χ2n) is 4.94. The zero-order valence-electron chi connectivity index (χ0n) is 11.7. The van der Waals surface area contributed by atoms with Gasteiger partial charge in [0.1, 0.15) is 0 Å². The molecule has 2 atom stereocenters. The number of aryl methyl sites for hydroxylation is 1. The quantitative estimate of drug-likeness (QED) is 0.846. The molecule has 7 nitrogen and oxygen atoms in total. The minimum absolute atomic E-state index is 0.0363. The Bertz CT molecular complexity index is 500. The third kappa shape index (κ3) is 2.67. The molecule has 1 saturated heterocycles. The molecule has 1 aromatic rings. The van der Waals surface area contributed by atoms with Gasteiger partial charge in [0.15, 0.2) is 0 Å². The first-order valence-electron chi connectivity index (χ1n) is 6.53. The van der Waals surface area contributed by atoms with Gasteiger partial charge < -0.3 is 19.3 Å². The van der Waals surface area contributed by atoms with Gasteiger partial charge in [0.2, 0.25) is 5.91 Å². The minimum atomic E-state index is -0.883. The first kappa shape index (κ1) is 14.5. The van der Waals surface area contributed by atoms with Crippen LogP contribution in [0.25, 0.3) is 0 Å². The molecule has 0 bridgehead atoms. The Hall–Kier alpha value is -1.89. The zero-order valence-corrected chi connectivity index (χ0v) is 11.7. The van der Waals surface area contributed by atoms with Gasteiger partial charge >= 0.3 is 5.97 Å². The molecule has 1 N–H and O–H groups in total. The van der Waals surface area contributed by atoms with E-state index in [1.165, 1.54) is 0 Å². The lowest BCUT2D eigenvalue weighted by Crippen LogP contribution is -2.47. The maximum Gasteiger partial charge on any atom is 0.309 e. The monoisotopic (exact) mass is 281 g/mol. The van der Waals surface area contributed by atoms with E-state index in [0.29, 0.717) is 19.6 Å². The fourth-order valence-corrected chi connectivity index (χ4v) is 2.68. The van der Waals surface area contributed by atoms with Gasteiger partial charge in [-0.05, 0) is 6.42 Å². The van der Waals surface area contributed by atoms with Gasteiger partial charge in [-0.1, -0.05) is 0 Å². The topological polar surface area (TPSA) is 84.7 Å². The second-order valence-corrected chi connectivity index (χ2v) is 4.94. The summed E-state index contributed by atoms with van der Waals surface area (Å²) >= 11 is 0. The highest BCUT2D eigenvalue weighted by Crippen LogP contribution is 2.36. The van der Waals surface area contributed by atoms with Crippen molar-refractivity contribution < 1.29 is 19.4 Å². The van der Waals surface area contributed by atoms with Crippen molar-refractivity contribution in [2.24, 2.45) is 13.0 Å². The lowest BCUT2D eigenvalue weighted by molar-refractivity contribution is -0.152. The number of ether oxygens (including phenoxy) is 1. The largest absolute Gasteiger partial charge is 0.481 e. The van der Waals surface area contributed by atoms with E-state index in [2.05, 4.69) is 4.98 Å². The number of nitrogens with zero attached hydrogens (tertiary/aromatic N) is 3. The van der Waals surface area contributed by atoms with Crippen molar-refractivity contribution >= 4 is 11.9 Å². The van der Waals surface area contributed by atoms with Gasteiger partial charge in [0, 0.05) is 27.1 Å². The van der Waals surface area contributed by atoms with Crippen LogP contribution in [0.3, 0.4) is 0 Å². The summed E-state index contributed by atoms with van der Waals surface area (Å²) in [6, 6.07) is -0.489. The first-order chi connectivity index (χ1) is 9.56. The van der Waals surface area contributed by atoms with Crippen LogP contribution in [0.15, 0.2) is 12.5 Å². The molecule has 2 unspecified atom stereocenters. The number of aromatic nitrogens is 2. The van der Waals surface area contributed by atoms with Crippen molar-refractivity contribution in [2.75, 3.05) is 20.3 Å². The number of methoxy groups -OCH3 is 1. The molecule has 110 valence electrons. The standard InChI is InChI=1S/C13H19N3O4/c1-15-8-14-7-10(15)12-9(13(18)19)3-4-11(17)16(12)5-6-20-2/h7-9,12H,3-6H2,1-2H3,(H,18,19). The molecular weight excluding hydrogens is 262 g/mol. The van der Waals surface area contributed by atoms with Crippen LogP contribution in [0.4, 0.5) is 0 Å². The van der Waals surface area contributed by atoms with Crippen molar-refractivity contribution in [3.8, 4) is 0 Å². The number of imidazole rings is 1. The average Bonchev–Trinajstić information content (AvgIpc) is 2.82. The number of hydrogen-bond donors (Lipinski definition) is 1. The fourth-order valence-electron chi connectivity index (χ4n) is 2.68. The molecule has 2 rings (SSSR count). The number of likely N-dealkylation sites (tertiary alicyclic amines) is 1. The number of carboxylic acids is 1. The Morgan fingerprint density at radius 3 is 2.90 bits per heavy atom. The van der Waals surface area contributed by atoms with E-state index in [4.69, 9.17) is 4.74 Å². The number of rotatable bonds is 5. The molecule has 0 saturated carbocycles. The van der Waals surface area contributed by atoms with E-state index in [-0.39, 0.29) is 12.3 Å². The predicted octanol–water partition coefficient (Wildman–Crippen LogP) is 0.431. The number of carbonyl (C=O) groups excluding carboxylic acids is 1. The van der Waals surface area contributed by atoms with Crippen molar-refractivity contribution in [3.05, 3.63) is 18.2 Å². The summed E-state index contributed by atoms with van der Waals surface area (Å²) in [6.07, 6.45) is 3.85. The average molecular weight is 281 g/mol. The number of piperidine rings is 1. The number of carboxylic acid groups (broad SMARTS) is 1. The third-order valence-electron chi connectivity index (χ3n) is 3.72. The Morgan fingerprint density at radius 1 is 1.60 bits per heavy atom. The SMILES string of the molecule is COCCN1C(=O)CCC(C(=O)O)C1c1cncn1C. The molecule has 1 amide bonds. The van der Waals surface area contributed by atoms with Crippen LogP contribution in [-0.2, 0) is 21.4 Å². The van der Waals surface area contributed by atoms with Crippen molar-refractivity contribution in [3.63, 3.8) is 0 Å². The molecule has 0 aliphatic carbocycles. The molecule has 0 aromatic carbocycles. The Morgan fingerprint density at radius 2 is 2.35 bits per heavy atom. The third-order valence-corrected chi connectivity index (χ3v) is 3.72. The molecule has 0 radical (unpaired) electrons. The number of aliphatic carboxylic acids is 1. The van der Waals surface area contributed by atoms with E-state index in [9.17, 15) is 14.7 Å². The highest BCUT2D eigenvalue weighted by Gasteiger charge is 2.41. The van der Waals surface area contributed by atoms with Crippen LogP contribution in [0.2, 0.25) is 0 Å². The van der Waals surface area contributed by atoms with Crippen LogP contribution >= 0.6 is 0 Å². The van der Waals surface area contributed by atoms with Crippen LogP contribution in [0.1, 0.15) is 24.6 Å². The summed E-state index contributed by atoms with van der Waals surface area (Å²) in [5, 5.41) is 9.43. The van der Waals surface area contributed by atoms with Gasteiger partial charge in [-0.3, -0.25) is 9.59 Å². The maximum absolute atomic E-state index is 12.1. The first-order valence-corrected chi connectivity index (χ1v) is 6.53. The zero-order chi connectivity index (χ0) is 14.7. The van der Waals surface area contributed by atoms with Gasteiger partial charge in [0.05, 0.1) is 36.8 Å². The summed E-state index contributed by atoms with van der Waals surface area (Å²) in [5.74, 6) is -1.53. The predicted molar refractivity (Wildman–Crippen MR) is 69.9 cm³/mol. The van der Waals surface area contributed by atoms with Crippen LogP contribution in [0.5, 0.6) is 0 Å². The fraction of sp³-hybridized carbons (Fsp3) is 0.615. The number of hydrogen-bond acceptors (Lipinski definition) is 4. The van der Waals surface area contributed by atoms with E-state index in [1.807, 2.05) is 0 Å². The molecule has 7 heteroatoms. The molecule has 1 fully saturated rings. The number of carbonyl (C=O) groups is 2. The summed E-state index contributed by atoms with van der Waals surface area (Å²) in [5.41, 5.74) is 0.738. The van der Waals surface area contributed by atoms with E-state index in [1.54, 1.807) is 36.1 Å². The Kier molecular flexibility index (Phi) is 4.39. The maximum atomic E-state index is 12.1. The van der Waals surface area contributed by atoms with Crippen molar-refractivity contribution in [1.82, 2.24) is 14.5 Å². The Labute approximate surface area is 117 Å². The van der Waals surface area contributed by atoms with Crippen molar-refractivity contribution in [2.45, 2.75) is 18.9 Å². The van der Waals surface area contributed by atoms with Gasteiger partial charge in [0.25, 0.3) is 0 Å². The summed E-state index contributed by atoms with van der Waals surface area (Å²) in [4.78, 5) is 29.3. The number of amides is 1. The summed E-state index contributed by atoms with van der Waals surface area (Å²) in [7, 11) is 3.36. The minimum Gasteiger partial charge on any atom is -0.481 e. The molecule has 20 heavy (non-hydrogen) atoms.